The maximum atomic E-state index is 4.74. The fourth-order valence-electron chi connectivity index (χ4n) is 1.86. The molecule has 5 heteroatoms. The predicted molar refractivity (Wildman–Crippen MR) is 96.1 cm³/mol. The van der Waals surface area contributed by atoms with Crippen LogP contribution in [0.25, 0.3) is 11.4 Å². The van der Waals surface area contributed by atoms with E-state index in [1.54, 1.807) is 0 Å². The smallest absolute Gasteiger partial charge is 0.161 e. The molecule has 0 aliphatic heterocycles. The minimum absolute atomic E-state index is 0.372. The van der Waals surface area contributed by atoms with Crippen molar-refractivity contribution in [1.82, 2.24) is 9.97 Å². The summed E-state index contributed by atoms with van der Waals surface area (Å²) >= 11 is 5.78. The van der Waals surface area contributed by atoms with Crippen LogP contribution in [0, 0.1) is 3.57 Å². The molecule has 0 saturated carbocycles. The highest BCUT2D eigenvalue weighted by Crippen LogP contribution is 2.28. The Hall–Kier alpha value is -0.690. The molecule has 0 spiro atoms. The Bertz CT molecular complexity index is 597. The Kier molecular flexibility index (Phi) is 5.37. The van der Waals surface area contributed by atoms with E-state index in [2.05, 4.69) is 69.6 Å². The molecule has 2 aromatic rings. The van der Waals surface area contributed by atoms with E-state index in [1.807, 2.05) is 24.3 Å². The molecule has 0 saturated heterocycles. The summed E-state index contributed by atoms with van der Waals surface area (Å²) in [5.41, 5.74) is 2.13. The van der Waals surface area contributed by atoms with Crippen molar-refractivity contribution >= 4 is 44.3 Å². The summed E-state index contributed by atoms with van der Waals surface area (Å²) in [6.07, 6.45) is 0. The molecule has 0 radical (unpaired) electrons. The van der Waals surface area contributed by atoms with Gasteiger partial charge in [0.2, 0.25) is 0 Å². The average Bonchev–Trinajstić information content (AvgIpc) is 2.42. The van der Waals surface area contributed by atoms with Gasteiger partial charge in [0, 0.05) is 16.6 Å². The number of rotatable bonds is 4. The third-order valence-electron chi connectivity index (χ3n) is 2.87. The third-order valence-corrected chi connectivity index (χ3v) is 4.46. The summed E-state index contributed by atoms with van der Waals surface area (Å²) in [4.78, 5) is 9.40. The molecule has 0 aliphatic carbocycles. The lowest BCUT2D eigenvalue weighted by Gasteiger charge is -2.14. The van der Waals surface area contributed by atoms with Gasteiger partial charge in [-0.25, -0.2) is 9.97 Å². The van der Waals surface area contributed by atoms with E-state index in [4.69, 9.17) is 4.98 Å². The maximum Gasteiger partial charge on any atom is 0.161 e. The molecule has 0 fully saturated rings. The van der Waals surface area contributed by atoms with Gasteiger partial charge in [0.25, 0.3) is 0 Å². The first kappa shape index (κ1) is 15.7. The van der Waals surface area contributed by atoms with Gasteiger partial charge in [0.05, 0.1) is 9.26 Å². The Morgan fingerprint density at radius 3 is 2.40 bits per heavy atom. The molecule has 0 bridgehead atoms. The Labute approximate surface area is 141 Å². The molecular weight excluding hydrogens is 429 g/mol. The van der Waals surface area contributed by atoms with Crippen molar-refractivity contribution in [1.29, 1.82) is 0 Å². The Balaban J connectivity index is 2.55. The summed E-state index contributed by atoms with van der Waals surface area (Å²) in [5.74, 6) is 2.07. The summed E-state index contributed by atoms with van der Waals surface area (Å²) in [7, 11) is 0. The standard InChI is InChI=1S/C15H17BrIN3/c1-4-18-15-12(17)13(9(2)3)19-14(20-15)10-5-7-11(16)8-6-10/h5-9H,4H2,1-3H3,(H,18,19,20). The van der Waals surface area contributed by atoms with Gasteiger partial charge in [0.15, 0.2) is 5.82 Å². The van der Waals surface area contributed by atoms with Gasteiger partial charge in [0.1, 0.15) is 5.82 Å². The van der Waals surface area contributed by atoms with Gasteiger partial charge in [-0.3, -0.25) is 0 Å². The van der Waals surface area contributed by atoms with Crippen LogP contribution in [0.4, 0.5) is 5.82 Å². The van der Waals surface area contributed by atoms with Crippen molar-refractivity contribution in [2.45, 2.75) is 26.7 Å². The number of nitrogens with one attached hydrogen (secondary N) is 1. The molecular formula is C15H17BrIN3. The van der Waals surface area contributed by atoms with E-state index in [0.717, 1.165) is 37.5 Å². The monoisotopic (exact) mass is 445 g/mol. The average molecular weight is 446 g/mol. The fourth-order valence-corrected chi connectivity index (χ4v) is 3.18. The van der Waals surface area contributed by atoms with Crippen molar-refractivity contribution in [3.05, 3.63) is 38.0 Å². The van der Waals surface area contributed by atoms with Crippen molar-refractivity contribution in [2.75, 3.05) is 11.9 Å². The maximum absolute atomic E-state index is 4.74. The SMILES string of the molecule is CCNc1nc(-c2ccc(Br)cc2)nc(C(C)C)c1I. The molecule has 0 amide bonds. The van der Waals surface area contributed by atoms with Gasteiger partial charge in [-0.2, -0.15) is 0 Å². The molecule has 2 rings (SSSR count). The Morgan fingerprint density at radius 2 is 1.85 bits per heavy atom. The van der Waals surface area contributed by atoms with Gasteiger partial charge >= 0.3 is 0 Å². The molecule has 1 heterocycles. The summed E-state index contributed by atoms with van der Waals surface area (Å²) in [6.45, 7) is 7.24. The zero-order valence-corrected chi connectivity index (χ0v) is 15.5. The minimum atomic E-state index is 0.372. The quantitative estimate of drug-likeness (QED) is 0.668. The lowest BCUT2D eigenvalue weighted by Crippen LogP contribution is -2.09. The Morgan fingerprint density at radius 1 is 1.20 bits per heavy atom. The molecule has 3 nitrogen and oxygen atoms in total. The highest BCUT2D eigenvalue weighted by molar-refractivity contribution is 14.1. The predicted octanol–water partition coefficient (Wildman–Crippen LogP) is 5.07. The van der Waals surface area contributed by atoms with Gasteiger partial charge in [-0.15, -0.1) is 0 Å². The molecule has 0 aliphatic rings. The van der Waals surface area contributed by atoms with E-state index in [-0.39, 0.29) is 0 Å². The first-order valence-electron chi connectivity index (χ1n) is 6.60. The molecule has 1 N–H and O–H groups in total. The largest absolute Gasteiger partial charge is 0.369 e. The molecule has 20 heavy (non-hydrogen) atoms. The first-order chi connectivity index (χ1) is 9.52. The number of hydrogen-bond acceptors (Lipinski definition) is 3. The second-order valence-electron chi connectivity index (χ2n) is 4.79. The van der Waals surface area contributed by atoms with Crippen molar-refractivity contribution in [3.63, 3.8) is 0 Å². The number of anilines is 1. The van der Waals surface area contributed by atoms with Crippen LogP contribution >= 0.6 is 38.5 Å². The lowest BCUT2D eigenvalue weighted by molar-refractivity contribution is 0.808. The van der Waals surface area contributed by atoms with E-state index in [0.29, 0.717) is 5.92 Å². The van der Waals surface area contributed by atoms with Crippen LogP contribution in [0.3, 0.4) is 0 Å². The summed E-state index contributed by atoms with van der Waals surface area (Å²) in [5, 5.41) is 3.32. The second kappa shape index (κ2) is 6.85. The first-order valence-corrected chi connectivity index (χ1v) is 8.47. The number of nitrogens with zero attached hydrogens (tertiary/aromatic N) is 2. The van der Waals surface area contributed by atoms with Crippen LogP contribution < -0.4 is 5.32 Å². The van der Waals surface area contributed by atoms with Gasteiger partial charge < -0.3 is 5.32 Å². The lowest BCUT2D eigenvalue weighted by atomic mass is 10.1. The normalized spacial score (nSPS) is 10.9. The van der Waals surface area contributed by atoms with Crippen LogP contribution in [0.2, 0.25) is 0 Å². The number of aromatic nitrogens is 2. The fraction of sp³-hybridized carbons (Fsp3) is 0.333. The molecule has 0 unspecified atom stereocenters. The van der Waals surface area contributed by atoms with Crippen molar-refractivity contribution < 1.29 is 0 Å². The third kappa shape index (κ3) is 3.49. The van der Waals surface area contributed by atoms with E-state index in [1.165, 1.54) is 0 Å². The number of benzene rings is 1. The molecule has 106 valence electrons. The minimum Gasteiger partial charge on any atom is -0.369 e. The second-order valence-corrected chi connectivity index (χ2v) is 6.78. The van der Waals surface area contributed by atoms with Crippen LogP contribution in [0.15, 0.2) is 28.7 Å². The van der Waals surface area contributed by atoms with Gasteiger partial charge in [-0.1, -0.05) is 41.9 Å². The van der Waals surface area contributed by atoms with Crippen molar-refractivity contribution in [3.8, 4) is 11.4 Å². The van der Waals surface area contributed by atoms with E-state index < -0.39 is 0 Å². The van der Waals surface area contributed by atoms with Crippen LogP contribution in [0.1, 0.15) is 32.4 Å². The van der Waals surface area contributed by atoms with Gasteiger partial charge in [-0.05, 0) is 47.6 Å². The highest BCUT2D eigenvalue weighted by Gasteiger charge is 2.15. The molecule has 0 atom stereocenters. The van der Waals surface area contributed by atoms with E-state index in [9.17, 15) is 0 Å². The van der Waals surface area contributed by atoms with Crippen molar-refractivity contribution in [2.24, 2.45) is 0 Å². The van der Waals surface area contributed by atoms with Crippen LogP contribution in [-0.4, -0.2) is 16.5 Å². The highest BCUT2D eigenvalue weighted by atomic mass is 127. The van der Waals surface area contributed by atoms with Crippen LogP contribution in [0.5, 0.6) is 0 Å². The zero-order chi connectivity index (χ0) is 14.7. The molecule has 1 aromatic heterocycles. The number of hydrogen-bond donors (Lipinski definition) is 1. The summed E-state index contributed by atoms with van der Waals surface area (Å²) in [6, 6.07) is 8.09. The summed E-state index contributed by atoms with van der Waals surface area (Å²) < 4.78 is 2.17. The number of halogens is 2. The molecule has 1 aromatic carbocycles. The van der Waals surface area contributed by atoms with E-state index >= 15 is 0 Å². The topological polar surface area (TPSA) is 37.8 Å². The van der Waals surface area contributed by atoms with Crippen LogP contribution in [-0.2, 0) is 0 Å². The zero-order valence-electron chi connectivity index (χ0n) is 11.7.